The smallest absolute Gasteiger partial charge is 0.0821 e. The van der Waals surface area contributed by atoms with E-state index in [2.05, 4.69) is 6.92 Å². The van der Waals surface area contributed by atoms with Crippen LogP contribution in [0.5, 0.6) is 0 Å². The molecule has 1 rings (SSSR count). The third kappa shape index (κ3) is 2.48. The number of rotatable bonds is 2. The lowest BCUT2D eigenvalue weighted by Crippen LogP contribution is -2.56. The molecule has 0 saturated heterocycles. The molecule has 2 atom stereocenters. The fourth-order valence-electron chi connectivity index (χ4n) is 2.45. The predicted molar refractivity (Wildman–Crippen MR) is 60.1 cm³/mol. The van der Waals surface area contributed by atoms with E-state index in [1.165, 1.54) is 12.8 Å². The van der Waals surface area contributed by atoms with Gasteiger partial charge in [0, 0.05) is 5.54 Å². The predicted octanol–water partition coefficient (Wildman–Crippen LogP) is 2.45. The van der Waals surface area contributed by atoms with Gasteiger partial charge in [-0.15, -0.1) is 0 Å². The van der Waals surface area contributed by atoms with Gasteiger partial charge in [-0.05, 0) is 39.0 Å². The molecular weight excluding hydrogens is 174 g/mol. The molecule has 0 aromatic rings. The Hall–Kier alpha value is -0.0800. The minimum absolute atomic E-state index is 0.463. The van der Waals surface area contributed by atoms with Crippen molar-refractivity contribution in [2.45, 2.75) is 70.4 Å². The van der Waals surface area contributed by atoms with E-state index in [1.807, 2.05) is 13.8 Å². The lowest BCUT2D eigenvalue weighted by Gasteiger charge is -2.39. The van der Waals surface area contributed by atoms with E-state index < -0.39 is 11.1 Å². The second-order valence-electron chi connectivity index (χ2n) is 5.46. The Morgan fingerprint density at radius 2 is 2.00 bits per heavy atom. The molecule has 0 aromatic carbocycles. The maximum Gasteiger partial charge on any atom is 0.0821 e. The quantitative estimate of drug-likeness (QED) is 0.671. The number of hydrogen-bond acceptors (Lipinski definition) is 2. The van der Waals surface area contributed by atoms with Crippen LogP contribution in [0.25, 0.3) is 0 Å². The molecule has 1 aliphatic carbocycles. The van der Waals surface area contributed by atoms with Crippen molar-refractivity contribution in [1.29, 1.82) is 0 Å². The van der Waals surface area contributed by atoms with Crippen LogP contribution >= 0.6 is 0 Å². The minimum Gasteiger partial charge on any atom is -0.388 e. The third-order valence-corrected chi connectivity index (χ3v) is 3.95. The van der Waals surface area contributed by atoms with Crippen molar-refractivity contribution in [2.24, 2.45) is 11.7 Å². The molecular formula is C12H25NO. The molecule has 14 heavy (non-hydrogen) atoms. The maximum atomic E-state index is 10.5. The van der Waals surface area contributed by atoms with Crippen LogP contribution in [0.4, 0.5) is 0 Å². The molecule has 1 aliphatic rings. The van der Waals surface area contributed by atoms with Gasteiger partial charge in [-0.25, -0.2) is 0 Å². The second kappa shape index (κ2) is 4.19. The molecule has 0 aromatic heterocycles. The highest BCUT2D eigenvalue weighted by molar-refractivity contribution is 4.98. The molecule has 0 amide bonds. The molecule has 2 nitrogen and oxygen atoms in total. The third-order valence-electron chi connectivity index (χ3n) is 3.95. The largest absolute Gasteiger partial charge is 0.388 e. The fourth-order valence-corrected chi connectivity index (χ4v) is 2.45. The Morgan fingerprint density at radius 1 is 1.36 bits per heavy atom. The Morgan fingerprint density at radius 3 is 2.50 bits per heavy atom. The van der Waals surface area contributed by atoms with Gasteiger partial charge in [0.1, 0.15) is 0 Å². The summed E-state index contributed by atoms with van der Waals surface area (Å²) in [6, 6.07) is 0. The molecule has 84 valence electrons. The summed E-state index contributed by atoms with van der Waals surface area (Å²) in [5.74, 6) is 0.798. The van der Waals surface area contributed by atoms with Crippen molar-refractivity contribution in [3.63, 3.8) is 0 Å². The van der Waals surface area contributed by atoms with Gasteiger partial charge in [0.05, 0.1) is 5.60 Å². The summed E-state index contributed by atoms with van der Waals surface area (Å²) in [5, 5.41) is 10.5. The van der Waals surface area contributed by atoms with Crippen LogP contribution in [0.1, 0.15) is 59.3 Å². The summed E-state index contributed by atoms with van der Waals surface area (Å²) < 4.78 is 0. The summed E-state index contributed by atoms with van der Waals surface area (Å²) in [6.45, 7) is 6.13. The molecule has 0 bridgehead atoms. The summed E-state index contributed by atoms with van der Waals surface area (Å²) in [4.78, 5) is 0. The number of hydrogen-bond donors (Lipinski definition) is 2. The molecule has 0 spiro atoms. The standard InChI is InChI=1S/C12H25NO/c1-4-10-6-5-8-12(14,9-7-10)11(2,3)13/h10,14H,4-9,13H2,1-3H3. The van der Waals surface area contributed by atoms with Crippen molar-refractivity contribution >= 4 is 0 Å². The Bertz CT molecular complexity index is 185. The fraction of sp³-hybridized carbons (Fsp3) is 1.00. The molecule has 1 fully saturated rings. The molecule has 0 heterocycles. The average Bonchev–Trinajstić information content (AvgIpc) is 2.27. The van der Waals surface area contributed by atoms with Crippen LogP contribution in [0, 0.1) is 5.92 Å². The molecule has 2 heteroatoms. The topological polar surface area (TPSA) is 46.2 Å². The van der Waals surface area contributed by atoms with Crippen LogP contribution in [0.2, 0.25) is 0 Å². The van der Waals surface area contributed by atoms with Crippen LogP contribution in [0.3, 0.4) is 0 Å². The summed E-state index contributed by atoms with van der Waals surface area (Å²) >= 11 is 0. The molecule has 2 unspecified atom stereocenters. The van der Waals surface area contributed by atoms with Gasteiger partial charge in [-0.1, -0.05) is 26.2 Å². The average molecular weight is 199 g/mol. The van der Waals surface area contributed by atoms with E-state index in [9.17, 15) is 5.11 Å². The molecule has 1 saturated carbocycles. The van der Waals surface area contributed by atoms with Crippen LogP contribution in [-0.4, -0.2) is 16.2 Å². The van der Waals surface area contributed by atoms with E-state index >= 15 is 0 Å². The summed E-state index contributed by atoms with van der Waals surface area (Å²) in [5.41, 5.74) is 4.95. The zero-order valence-corrected chi connectivity index (χ0v) is 9.84. The highest BCUT2D eigenvalue weighted by Gasteiger charge is 2.41. The first-order chi connectivity index (χ1) is 6.39. The SMILES string of the molecule is CCC1CCCC(O)(C(C)(C)N)CC1. The minimum atomic E-state index is -0.642. The van der Waals surface area contributed by atoms with Gasteiger partial charge in [0.15, 0.2) is 0 Å². The van der Waals surface area contributed by atoms with Gasteiger partial charge in [-0.3, -0.25) is 0 Å². The van der Waals surface area contributed by atoms with Gasteiger partial charge in [0.2, 0.25) is 0 Å². The van der Waals surface area contributed by atoms with E-state index in [4.69, 9.17) is 5.73 Å². The van der Waals surface area contributed by atoms with E-state index in [-0.39, 0.29) is 0 Å². The summed E-state index contributed by atoms with van der Waals surface area (Å²) in [7, 11) is 0. The zero-order valence-electron chi connectivity index (χ0n) is 9.84. The Kier molecular flexibility index (Phi) is 3.59. The highest BCUT2D eigenvalue weighted by atomic mass is 16.3. The maximum absolute atomic E-state index is 10.5. The second-order valence-corrected chi connectivity index (χ2v) is 5.46. The Balaban J connectivity index is 2.65. The summed E-state index contributed by atoms with van der Waals surface area (Å²) in [6.07, 6.45) is 6.49. The van der Waals surface area contributed by atoms with Crippen molar-refractivity contribution in [3.05, 3.63) is 0 Å². The highest BCUT2D eigenvalue weighted by Crippen LogP contribution is 2.37. The first-order valence-electron chi connectivity index (χ1n) is 5.90. The monoisotopic (exact) mass is 199 g/mol. The van der Waals surface area contributed by atoms with E-state index in [0.717, 1.165) is 31.6 Å². The van der Waals surface area contributed by atoms with Crippen molar-refractivity contribution < 1.29 is 5.11 Å². The first kappa shape index (κ1) is 12.0. The molecule has 0 radical (unpaired) electrons. The van der Waals surface area contributed by atoms with Crippen LogP contribution in [-0.2, 0) is 0 Å². The van der Waals surface area contributed by atoms with Crippen molar-refractivity contribution in [1.82, 2.24) is 0 Å². The van der Waals surface area contributed by atoms with Crippen molar-refractivity contribution in [3.8, 4) is 0 Å². The van der Waals surface area contributed by atoms with Crippen LogP contribution in [0.15, 0.2) is 0 Å². The molecule has 0 aliphatic heterocycles. The number of nitrogens with two attached hydrogens (primary N) is 1. The van der Waals surface area contributed by atoms with Gasteiger partial charge in [0.25, 0.3) is 0 Å². The molecule has 3 N–H and O–H groups in total. The van der Waals surface area contributed by atoms with E-state index in [1.54, 1.807) is 0 Å². The lowest BCUT2D eigenvalue weighted by atomic mass is 9.77. The van der Waals surface area contributed by atoms with Gasteiger partial charge >= 0.3 is 0 Å². The first-order valence-corrected chi connectivity index (χ1v) is 5.90. The van der Waals surface area contributed by atoms with E-state index in [0.29, 0.717) is 0 Å². The zero-order chi connectivity index (χ0) is 10.8. The van der Waals surface area contributed by atoms with Gasteiger partial charge < -0.3 is 10.8 Å². The lowest BCUT2D eigenvalue weighted by molar-refractivity contribution is -0.0351. The van der Waals surface area contributed by atoms with Crippen LogP contribution < -0.4 is 5.73 Å². The Labute approximate surface area is 87.9 Å². The van der Waals surface area contributed by atoms with Crippen molar-refractivity contribution in [2.75, 3.05) is 0 Å². The normalized spacial score (nSPS) is 35.4. The van der Waals surface area contributed by atoms with Gasteiger partial charge in [-0.2, -0.15) is 0 Å². The number of aliphatic hydroxyl groups is 1.